The maximum atomic E-state index is 13.9. The third-order valence-electron chi connectivity index (χ3n) is 6.73. The van der Waals surface area contributed by atoms with Gasteiger partial charge in [0.25, 0.3) is 10.1 Å². The van der Waals surface area contributed by atoms with Gasteiger partial charge in [0.05, 0.1) is 32.7 Å². The Bertz CT molecular complexity index is 2750. The molecule has 0 amide bonds. The zero-order valence-electron chi connectivity index (χ0n) is 28.4. The number of aliphatic hydroxyl groups excluding tert-OH is 1. The molecule has 0 saturated carbocycles. The molecule has 1 heterocycles. The van der Waals surface area contributed by atoms with Crippen LogP contribution in [0.25, 0.3) is 10.8 Å². The molecule has 55 heavy (non-hydrogen) atoms. The molecule has 0 fully saturated rings. The monoisotopic (exact) mass is 881 g/mol. The zero-order chi connectivity index (χ0) is 38.2. The normalized spacial score (nSPS) is 12.0. The topological polar surface area (TPSA) is 334 Å². The quantitative estimate of drug-likeness (QED) is 0.0514. The predicted molar refractivity (Wildman–Crippen MR) is 177 cm³/mol. The van der Waals surface area contributed by atoms with Crippen molar-refractivity contribution in [1.29, 1.82) is 0 Å². The summed E-state index contributed by atoms with van der Waals surface area (Å²) in [7, 11) is -19.7. The summed E-state index contributed by atoms with van der Waals surface area (Å²) in [5.41, 5.74) is -2.16. The summed E-state index contributed by atoms with van der Waals surface area (Å²) in [5, 5.41) is 33.6. The average molecular weight is 882 g/mol. The molecule has 0 aliphatic heterocycles. The second-order valence-corrected chi connectivity index (χ2v) is 16.8. The SMILES string of the molecule is O=S(=O)([O-])c1cc(Nc2nc(Cl)nc(Nc3cccc(S(=O)(=O)CCO)c3)n2)c2c([O-])c(N=Nc3ccccc3S(=O)(=O)[O-])c(S(=O)(=O)O)cc2c1.[Na+].[Na+].[Na+]. The van der Waals surface area contributed by atoms with Crippen molar-refractivity contribution >= 4 is 97.2 Å². The van der Waals surface area contributed by atoms with E-state index in [9.17, 15) is 52.4 Å². The number of hydrogen-bond donors (Lipinski definition) is 4. The van der Waals surface area contributed by atoms with E-state index in [2.05, 4.69) is 35.8 Å². The van der Waals surface area contributed by atoms with Gasteiger partial charge in [-0.15, -0.1) is 10.2 Å². The number of fused-ring (bicyclic) bond motifs is 1. The average Bonchev–Trinajstić information content (AvgIpc) is 3.02. The van der Waals surface area contributed by atoms with Crippen LogP contribution in [-0.2, 0) is 40.2 Å². The van der Waals surface area contributed by atoms with Crippen molar-refractivity contribution in [3.8, 4) is 5.75 Å². The van der Waals surface area contributed by atoms with Crippen molar-refractivity contribution in [3.63, 3.8) is 0 Å². The van der Waals surface area contributed by atoms with Gasteiger partial charge in [0.1, 0.15) is 30.8 Å². The fourth-order valence-corrected chi connectivity index (χ4v) is 7.58. The molecule has 0 radical (unpaired) electrons. The summed E-state index contributed by atoms with van der Waals surface area (Å²) in [6.45, 7) is -0.631. The van der Waals surface area contributed by atoms with E-state index in [1.165, 1.54) is 36.4 Å². The molecule has 5 aromatic rings. The first-order chi connectivity index (χ1) is 24.2. The molecule has 0 aliphatic rings. The van der Waals surface area contributed by atoms with Crippen molar-refractivity contribution in [3.05, 3.63) is 72.0 Å². The van der Waals surface area contributed by atoms with Crippen LogP contribution in [0, 0.1) is 0 Å². The maximum Gasteiger partial charge on any atom is 1.00 e. The molecule has 0 spiro atoms. The van der Waals surface area contributed by atoms with Crippen molar-refractivity contribution in [2.75, 3.05) is 23.0 Å². The van der Waals surface area contributed by atoms with E-state index in [-0.39, 0.29) is 105 Å². The first-order valence-electron chi connectivity index (χ1n) is 13.8. The second-order valence-electron chi connectivity index (χ2n) is 10.2. The van der Waals surface area contributed by atoms with Crippen molar-refractivity contribution < 1.29 is 146 Å². The van der Waals surface area contributed by atoms with Crippen LogP contribution < -0.4 is 104 Å². The van der Waals surface area contributed by atoms with Crippen LogP contribution in [0.1, 0.15) is 0 Å². The number of halogens is 1. The van der Waals surface area contributed by atoms with Crippen LogP contribution in [0.3, 0.4) is 0 Å². The van der Waals surface area contributed by atoms with E-state index in [1.54, 1.807) is 0 Å². The zero-order valence-corrected chi connectivity index (χ0v) is 38.4. The fraction of sp³-hybridized carbons (Fsp3) is 0.0741. The van der Waals surface area contributed by atoms with Crippen molar-refractivity contribution in [2.24, 2.45) is 10.2 Å². The van der Waals surface area contributed by atoms with Crippen LogP contribution in [-0.4, -0.2) is 79.7 Å². The van der Waals surface area contributed by atoms with Crippen molar-refractivity contribution in [2.45, 2.75) is 19.6 Å². The molecule has 0 bridgehead atoms. The van der Waals surface area contributed by atoms with E-state index >= 15 is 0 Å². The summed E-state index contributed by atoms with van der Waals surface area (Å²) in [4.78, 5) is 8.50. The molecule has 0 saturated heterocycles. The molecule has 274 valence electrons. The van der Waals surface area contributed by atoms with E-state index < -0.39 is 112 Å². The van der Waals surface area contributed by atoms with Gasteiger partial charge in [-0.3, -0.25) is 4.55 Å². The molecule has 1 aromatic heterocycles. The number of rotatable bonds is 12. The number of nitrogens with zero attached hydrogens (tertiary/aromatic N) is 5. The Balaban J connectivity index is 0.00000348. The summed E-state index contributed by atoms with van der Waals surface area (Å²) in [6, 6.07) is 11.5. The molecule has 5 rings (SSSR count). The van der Waals surface area contributed by atoms with Gasteiger partial charge < -0.3 is 30.0 Å². The molecular formula is C27H19ClN7Na3O13S4. The maximum absolute atomic E-state index is 13.9. The Labute approximate surface area is 384 Å². The molecule has 0 atom stereocenters. The molecule has 0 unspecified atom stereocenters. The Kier molecular flexibility index (Phi) is 17.2. The van der Waals surface area contributed by atoms with E-state index in [0.29, 0.717) is 18.2 Å². The minimum Gasteiger partial charge on any atom is -0.870 e. The number of nitrogens with one attached hydrogen (secondary N) is 2. The van der Waals surface area contributed by atoms with Gasteiger partial charge in [-0.05, 0) is 70.9 Å². The number of benzene rings is 4. The smallest absolute Gasteiger partial charge is 0.870 e. The fourth-order valence-electron chi connectivity index (χ4n) is 4.55. The standard InChI is InChI=1S/C27H22ClN7O13S4.3Na/c28-25-31-26(29-15-4-3-5-16(12-15)49(38,39)9-8-36)33-27(32-25)30-19-13-17(50(40,41)42)10-14-11-21(52(46,47)48)23(24(37)22(14)19)35-34-18-6-1-2-7-20(18)51(43,44)45;;;/h1-7,10-13,36-37H,8-9H2,(H,40,41,42)(H,43,44,45)(H,46,47,48)(H2,29,30,31,32,33);;;/q;3*+1/p-3. The summed E-state index contributed by atoms with van der Waals surface area (Å²) in [5.74, 6) is -2.76. The second kappa shape index (κ2) is 19.2. The number of azo groups is 1. The van der Waals surface area contributed by atoms with Gasteiger partial charge in [0.2, 0.25) is 17.2 Å². The third kappa shape index (κ3) is 12.1. The van der Waals surface area contributed by atoms with Gasteiger partial charge in [-0.2, -0.15) is 23.4 Å². The van der Waals surface area contributed by atoms with Gasteiger partial charge in [0, 0.05) is 11.4 Å². The van der Waals surface area contributed by atoms with Crippen molar-refractivity contribution in [1.82, 2.24) is 15.0 Å². The number of sulfone groups is 1. The van der Waals surface area contributed by atoms with Gasteiger partial charge in [0.15, 0.2) is 9.84 Å². The Hall–Kier alpha value is -1.92. The van der Waals surface area contributed by atoms with E-state index in [0.717, 1.165) is 12.1 Å². The Morgan fingerprint density at radius 2 is 1.36 bits per heavy atom. The molecular weight excluding hydrogens is 863 g/mol. The van der Waals surface area contributed by atoms with Crippen LogP contribution in [0.4, 0.5) is 34.6 Å². The summed E-state index contributed by atoms with van der Waals surface area (Å²) >= 11 is 6.06. The van der Waals surface area contributed by atoms with E-state index in [1.807, 2.05) is 0 Å². The first-order valence-corrected chi connectivity index (χ1v) is 20.1. The van der Waals surface area contributed by atoms with Gasteiger partial charge in [-0.25, -0.2) is 25.3 Å². The molecule has 0 aliphatic carbocycles. The predicted octanol–water partition coefficient (Wildman–Crippen LogP) is -6.51. The molecule has 28 heteroatoms. The number of anilines is 4. The largest absolute Gasteiger partial charge is 1.00 e. The molecule has 4 N–H and O–H groups in total. The number of hydrogen-bond acceptors (Lipinski definition) is 19. The van der Waals surface area contributed by atoms with Crippen LogP contribution >= 0.6 is 11.6 Å². The summed E-state index contributed by atoms with van der Waals surface area (Å²) < 4.78 is 131. The van der Waals surface area contributed by atoms with Crippen LogP contribution in [0.5, 0.6) is 5.75 Å². The van der Waals surface area contributed by atoms with E-state index in [4.69, 9.17) is 16.7 Å². The van der Waals surface area contributed by atoms with Gasteiger partial charge >= 0.3 is 88.7 Å². The van der Waals surface area contributed by atoms with Gasteiger partial charge in [-0.1, -0.05) is 23.9 Å². The Morgan fingerprint density at radius 3 is 1.96 bits per heavy atom. The first kappa shape index (κ1) is 49.2. The van der Waals surface area contributed by atoms with Crippen LogP contribution in [0.15, 0.2) is 96.5 Å². The minimum atomic E-state index is -5.36. The summed E-state index contributed by atoms with van der Waals surface area (Å²) in [6.07, 6.45) is 0. The third-order valence-corrected chi connectivity index (χ3v) is 11.2. The molecule has 4 aromatic carbocycles. The Morgan fingerprint density at radius 1 is 0.727 bits per heavy atom. The number of aromatic nitrogens is 3. The minimum absolute atomic E-state index is 0. The van der Waals surface area contributed by atoms with Crippen LogP contribution in [0.2, 0.25) is 5.28 Å². The number of aliphatic hydroxyl groups is 1. The molecule has 20 nitrogen and oxygen atoms in total.